The maximum absolute atomic E-state index is 12.6. The third-order valence-electron chi connectivity index (χ3n) is 1.22. The van der Waals surface area contributed by atoms with E-state index in [4.69, 9.17) is 0 Å². The molecule has 0 aliphatic rings. The molecule has 1 aromatic rings. The summed E-state index contributed by atoms with van der Waals surface area (Å²) in [6.45, 7) is 1.21. The van der Waals surface area contributed by atoms with E-state index in [2.05, 4.69) is 9.72 Å². The van der Waals surface area contributed by atoms with Gasteiger partial charge in [0, 0.05) is 5.69 Å². The van der Waals surface area contributed by atoms with Gasteiger partial charge in [0.05, 0.1) is 0 Å². The molecule has 0 aliphatic carbocycles. The van der Waals surface area contributed by atoms with Crippen molar-refractivity contribution in [3.05, 3.63) is 23.4 Å². The Morgan fingerprint density at radius 3 is 2.36 bits per heavy atom. The molecule has 1 rings (SSSR count). The van der Waals surface area contributed by atoms with Crippen LogP contribution in [-0.4, -0.2) is 11.3 Å². The van der Waals surface area contributed by atoms with Crippen LogP contribution >= 0.6 is 0 Å². The lowest BCUT2D eigenvalue weighted by Gasteiger charge is -2.09. The smallest absolute Gasteiger partial charge is 0.385 e. The molecule has 0 unspecified atom stereocenters. The first-order valence-electron chi connectivity index (χ1n) is 3.38. The largest absolute Gasteiger partial charge is 0.574 e. The Kier molecular flexibility index (Phi) is 2.59. The van der Waals surface area contributed by atoms with Crippen LogP contribution in [0.5, 0.6) is 5.88 Å². The minimum absolute atomic E-state index is 0.108. The van der Waals surface area contributed by atoms with E-state index in [-0.39, 0.29) is 5.69 Å². The zero-order valence-corrected chi connectivity index (χ0v) is 6.82. The lowest BCUT2D eigenvalue weighted by Crippen LogP contribution is -2.19. The van der Waals surface area contributed by atoms with E-state index >= 15 is 0 Å². The lowest BCUT2D eigenvalue weighted by molar-refractivity contribution is -0.277. The molecule has 0 saturated carbocycles. The van der Waals surface area contributed by atoms with Crippen molar-refractivity contribution in [3.8, 4) is 5.88 Å². The molecule has 0 bridgehead atoms. The molecule has 0 amide bonds. The van der Waals surface area contributed by atoms with Crippen LogP contribution in [0.4, 0.5) is 22.0 Å². The Hall–Kier alpha value is -1.40. The molecule has 1 aromatic heterocycles. The van der Waals surface area contributed by atoms with Crippen LogP contribution < -0.4 is 4.74 Å². The van der Waals surface area contributed by atoms with Gasteiger partial charge >= 0.3 is 6.36 Å². The summed E-state index contributed by atoms with van der Waals surface area (Å²) in [4.78, 5) is 3.06. The molecule has 0 spiro atoms. The van der Waals surface area contributed by atoms with Gasteiger partial charge in [-0.15, -0.1) is 13.2 Å². The zero-order valence-electron chi connectivity index (χ0n) is 6.82. The van der Waals surface area contributed by atoms with Crippen molar-refractivity contribution < 1.29 is 26.7 Å². The highest BCUT2D eigenvalue weighted by atomic mass is 19.4. The third kappa shape index (κ3) is 2.54. The first-order valence-corrected chi connectivity index (χ1v) is 3.38. The van der Waals surface area contributed by atoms with Crippen molar-refractivity contribution in [1.29, 1.82) is 0 Å². The maximum atomic E-state index is 12.6. The molecule has 0 atom stereocenters. The van der Waals surface area contributed by atoms with Gasteiger partial charge in [-0.05, 0) is 13.0 Å². The fraction of sp³-hybridized carbons (Fsp3) is 0.286. The second-order valence-electron chi connectivity index (χ2n) is 2.41. The SMILES string of the molecule is Cc1cc(F)c(F)c(OC(F)(F)F)n1. The van der Waals surface area contributed by atoms with E-state index in [9.17, 15) is 22.0 Å². The Labute approximate surface area is 75.3 Å². The number of hydrogen-bond acceptors (Lipinski definition) is 2. The lowest BCUT2D eigenvalue weighted by atomic mass is 10.3. The topological polar surface area (TPSA) is 22.1 Å². The molecule has 14 heavy (non-hydrogen) atoms. The van der Waals surface area contributed by atoms with Gasteiger partial charge in [-0.1, -0.05) is 0 Å². The van der Waals surface area contributed by atoms with Crippen molar-refractivity contribution in [2.75, 3.05) is 0 Å². The number of ether oxygens (including phenoxy) is 1. The van der Waals surface area contributed by atoms with E-state index in [0.29, 0.717) is 6.07 Å². The predicted molar refractivity (Wildman–Crippen MR) is 35.6 cm³/mol. The molecule has 2 nitrogen and oxygen atoms in total. The normalized spacial score (nSPS) is 11.6. The molecule has 0 aromatic carbocycles. The van der Waals surface area contributed by atoms with Gasteiger partial charge in [-0.3, -0.25) is 0 Å². The van der Waals surface area contributed by atoms with E-state index in [1.807, 2.05) is 0 Å². The number of hydrogen-bond donors (Lipinski definition) is 0. The predicted octanol–water partition coefficient (Wildman–Crippen LogP) is 2.57. The monoisotopic (exact) mass is 213 g/mol. The van der Waals surface area contributed by atoms with Crippen LogP contribution in [-0.2, 0) is 0 Å². The highest BCUT2D eigenvalue weighted by molar-refractivity contribution is 5.19. The van der Waals surface area contributed by atoms with Crippen LogP contribution in [0.3, 0.4) is 0 Å². The second-order valence-corrected chi connectivity index (χ2v) is 2.41. The average molecular weight is 213 g/mol. The fourth-order valence-corrected chi connectivity index (χ4v) is 0.768. The summed E-state index contributed by atoms with van der Waals surface area (Å²) >= 11 is 0. The van der Waals surface area contributed by atoms with E-state index in [0.717, 1.165) is 0 Å². The fourth-order valence-electron chi connectivity index (χ4n) is 0.768. The first-order chi connectivity index (χ1) is 6.29. The van der Waals surface area contributed by atoms with Crippen LogP contribution in [0.2, 0.25) is 0 Å². The number of aromatic nitrogens is 1. The average Bonchev–Trinajstić information content (AvgIpc) is 1.96. The van der Waals surface area contributed by atoms with Crippen molar-refractivity contribution in [2.45, 2.75) is 13.3 Å². The van der Waals surface area contributed by atoms with Crippen LogP contribution in [0.1, 0.15) is 5.69 Å². The third-order valence-corrected chi connectivity index (χ3v) is 1.22. The van der Waals surface area contributed by atoms with Gasteiger partial charge in [-0.2, -0.15) is 4.39 Å². The second kappa shape index (κ2) is 3.39. The van der Waals surface area contributed by atoms with Gasteiger partial charge < -0.3 is 4.74 Å². The molecule has 0 fully saturated rings. The van der Waals surface area contributed by atoms with E-state index in [1.54, 1.807) is 0 Å². The van der Waals surface area contributed by atoms with Gasteiger partial charge in [0.15, 0.2) is 5.82 Å². The van der Waals surface area contributed by atoms with Gasteiger partial charge in [0.2, 0.25) is 5.82 Å². The number of nitrogens with zero attached hydrogens (tertiary/aromatic N) is 1. The van der Waals surface area contributed by atoms with Crippen molar-refractivity contribution in [3.63, 3.8) is 0 Å². The molecule has 0 radical (unpaired) electrons. The van der Waals surface area contributed by atoms with E-state index in [1.165, 1.54) is 6.92 Å². The Bertz CT molecular complexity index is 349. The van der Waals surface area contributed by atoms with E-state index < -0.39 is 23.9 Å². The highest BCUT2D eigenvalue weighted by Gasteiger charge is 2.34. The minimum atomic E-state index is -5.09. The number of alkyl halides is 3. The molecule has 7 heteroatoms. The minimum Gasteiger partial charge on any atom is -0.385 e. The Balaban J connectivity index is 3.09. The number of rotatable bonds is 1. The summed E-state index contributed by atoms with van der Waals surface area (Å²) in [6.07, 6.45) is -5.09. The van der Waals surface area contributed by atoms with Crippen molar-refractivity contribution >= 4 is 0 Å². The van der Waals surface area contributed by atoms with Crippen LogP contribution in [0.25, 0.3) is 0 Å². The molecule has 1 heterocycles. The number of aryl methyl sites for hydroxylation is 1. The molecule has 78 valence electrons. The molecule has 0 N–H and O–H groups in total. The van der Waals surface area contributed by atoms with Crippen molar-refractivity contribution in [1.82, 2.24) is 4.98 Å². The number of pyridine rings is 1. The summed E-state index contributed by atoms with van der Waals surface area (Å²) in [5.41, 5.74) is -0.108. The van der Waals surface area contributed by atoms with Gasteiger partial charge in [-0.25, -0.2) is 9.37 Å². The van der Waals surface area contributed by atoms with Crippen molar-refractivity contribution in [2.24, 2.45) is 0 Å². The highest BCUT2D eigenvalue weighted by Crippen LogP contribution is 2.25. The summed E-state index contributed by atoms with van der Waals surface area (Å²) in [6, 6.07) is 0.665. The Morgan fingerprint density at radius 2 is 1.86 bits per heavy atom. The standard InChI is InChI=1S/C7H4F5NO/c1-3-2-4(8)5(9)6(13-3)14-7(10,11)12/h2H,1H3. The Morgan fingerprint density at radius 1 is 1.29 bits per heavy atom. The molecular formula is C7H4F5NO. The molecule has 0 aliphatic heterocycles. The summed E-state index contributed by atoms with van der Waals surface area (Å²) in [7, 11) is 0. The summed E-state index contributed by atoms with van der Waals surface area (Å²) < 4.78 is 63.3. The van der Waals surface area contributed by atoms with Gasteiger partial charge in [0.25, 0.3) is 5.88 Å². The van der Waals surface area contributed by atoms with Crippen LogP contribution in [0.15, 0.2) is 6.07 Å². The zero-order chi connectivity index (χ0) is 10.9. The quantitative estimate of drug-likeness (QED) is 0.669. The summed E-state index contributed by atoms with van der Waals surface area (Å²) in [5, 5.41) is 0. The first kappa shape index (κ1) is 10.7. The van der Waals surface area contributed by atoms with Gasteiger partial charge in [0.1, 0.15) is 0 Å². The van der Waals surface area contributed by atoms with Crippen LogP contribution in [0, 0.1) is 18.6 Å². The number of halogens is 5. The summed E-state index contributed by atoms with van der Waals surface area (Å²) in [5.74, 6) is -4.60. The maximum Gasteiger partial charge on any atom is 0.574 e. The molecule has 0 saturated heterocycles. The molecular weight excluding hydrogens is 209 g/mol.